The van der Waals surface area contributed by atoms with Crippen LogP contribution in [0, 0.1) is 0 Å². The van der Waals surface area contributed by atoms with Gasteiger partial charge in [0, 0.05) is 7.11 Å². The van der Waals surface area contributed by atoms with Crippen LogP contribution in [0.2, 0.25) is 0 Å². The van der Waals surface area contributed by atoms with E-state index >= 15 is 0 Å². The van der Waals surface area contributed by atoms with Gasteiger partial charge in [0.15, 0.2) is 17.6 Å². The summed E-state index contributed by atoms with van der Waals surface area (Å²) < 4.78 is 15.9. The smallest absolute Gasteiger partial charge is 0.273 e. The fourth-order valence-corrected chi connectivity index (χ4v) is 2.93. The summed E-state index contributed by atoms with van der Waals surface area (Å²) in [6.45, 7) is 0. The van der Waals surface area contributed by atoms with Gasteiger partial charge in [0.2, 0.25) is 0 Å². The summed E-state index contributed by atoms with van der Waals surface area (Å²) in [6.07, 6.45) is 0.777. The number of hydrogen-bond donors (Lipinski definition) is 1. The SMILES string of the molecule is COc1ccc(C=NNC(=O)C(OC)c2ccc3ccccc3c2)cc1OC. The molecule has 0 heterocycles. The van der Waals surface area contributed by atoms with Crippen LogP contribution in [0.25, 0.3) is 10.8 Å². The number of benzene rings is 3. The van der Waals surface area contributed by atoms with Gasteiger partial charge < -0.3 is 14.2 Å². The zero-order valence-corrected chi connectivity index (χ0v) is 16.0. The molecule has 6 nitrogen and oxygen atoms in total. The molecular weight excluding hydrogens is 356 g/mol. The zero-order chi connectivity index (χ0) is 19.9. The number of hydrogen-bond acceptors (Lipinski definition) is 5. The minimum Gasteiger partial charge on any atom is -0.493 e. The van der Waals surface area contributed by atoms with Gasteiger partial charge in [-0.05, 0) is 46.2 Å². The van der Waals surface area contributed by atoms with Crippen molar-refractivity contribution in [2.45, 2.75) is 6.10 Å². The summed E-state index contributed by atoms with van der Waals surface area (Å²) in [5.74, 6) is 0.859. The molecular formula is C22H22N2O4. The van der Waals surface area contributed by atoms with E-state index in [4.69, 9.17) is 14.2 Å². The van der Waals surface area contributed by atoms with Crippen LogP contribution < -0.4 is 14.9 Å². The maximum Gasteiger partial charge on any atom is 0.273 e. The molecule has 0 aliphatic heterocycles. The van der Waals surface area contributed by atoms with Crippen molar-refractivity contribution in [1.82, 2.24) is 5.43 Å². The van der Waals surface area contributed by atoms with Gasteiger partial charge in [0.05, 0.1) is 20.4 Å². The van der Waals surface area contributed by atoms with E-state index < -0.39 is 6.10 Å². The van der Waals surface area contributed by atoms with E-state index in [9.17, 15) is 4.79 Å². The fraction of sp³-hybridized carbons (Fsp3) is 0.182. The van der Waals surface area contributed by atoms with E-state index in [1.165, 1.54) is 13.3 Å². The number of methoxy groups -OCH3 is 3. The lowest BCUT2D eigenvalue weighted by Gasteiger charge is -2.14. The zero-order valence-electron chi connectivity index (χ0n) is 16.0. The van der Waals surface area contributed by atoms with Gasteiger partial charge in [0.1, 0.15) is 0 Å². The van der Waals surface area contributed by atoms with E-state index in [0.29, 0.717) is 11.5 Å². The van der Waals surface area contributed by atoms with E-state index in [0.717, 1.165) is 21.9 Å². The fourth-order valence-electron chi connectivity index (χ4n) is 2.93. The highest BCUT2D eigenvalue weighted by molar-refractivity contribution is 5.88. The van der Waals surface area contributed by atoms with Crippen LogP contribution >= 0.6 is 0 Å². The van der Waals surface area contributed by atoms with Crippen molar-refractivity contribution in [3.8, 4) is 11.5 Å². The number of nitrogens with one attached hydrogen (secondary N) is 1. The van der Waals surface area contributed by atoms with E-state index in [-0.39, 0.29) is 5.91 Å². The molecule has 0 aromatic heterocycles. The van der Waals surface area contributed by atoms with Crippen LogP contribution in [0.1, 0.15) is 17.2 Å². The van der Waals surface area contributed by atoms with Crippen LogP contribution in [0.5, 0.6) is 11.5 Å². The Morgan fingerprint density at radius 1 is 0.929 bits per heavy atom. The Morgan fingerprint density at radius 3 is 2.39 bits per heavy atom. The van der Waals surface area contributed by atoms with Crippen LogP contribution in [0.3, 0.4) is 0 Å². The Balaban J connectivity index is 1.72. The van der Waals surface area contributed by atoms with Gasteiger partial charge in [-0.1, -0.05) is 36.4 Å². The number of rotatable bonds is 7. The van der Waals surface area contributed by atoms with Crippen molar-refractivity contribution >= 4 is 22.9 Å². The quantitative estimate of drug-likeness (QED) is 0.503. The molecule has 0 bridgehead atoms. The molecule has 6 heteroatoms. The highest BCUT2D eigenvalue weighted by Gasteiger charge is 2.20. The number of carbonyl (C=O) groups is 1. The third-order valence-electron chi connectivity index (χ3n) is 4.35. The number of fused-ring (bicyclic) bond motifs is 1. The normalized spacial score (nSPS) is 12.1. The Labute approximate surface area is 163 Å². The second kappa shape index (κ2) is 9.01. The lowest BCUT2D eigenvalue weighted by atomic mass is 10.0. The molecule has 3 rings (SSSR count). The summed E-state index contributed by atoms with van der Waals surface area (Å²) in [4.78, 5) is 12.5. The molecule has 1 atom stereocenters. The lowest BCUT2D eigenvalue weighted by molar-refractivity contribution is -0.131. The molecule has 0 radical (unpaired) electrons. The molecule has 0 saturated carbocycles. The number of nitrogens with zero attached hydrogens (tertiary/aromatic N) is 1. The third-order valence-corrected chi connectivity index (χ3v) is 4.35. The van der Waals surface area contributed by atoms with Gasteiger partial charge in [0.25, 0.3) is 5.91 Å². The average Bonchev–Trinajstić information content (AvgIpc) is 2.74. The molecule has 0 spiro atoms. The number of carbonyl (C=O) groups excluding carboxylic acids is 1. The van der Waals surface area contributed by atoms with Crippen molar-refractivity contribution in [3.63, 3.8) is 0 Å². The van der Waals surface area contributed by atoms with Crippen molar-refractivity contribution in [2.24, 2.45) is 5.10 Å². The molecule has 28 heavy (non-hydrogen) atoms. The highest BCUT2D eigenvalue weighted by Crippen LogP contribution is 2.27. The monoisotopic (exact) mass is 378 g/mol. The number of hydrazone groups is 1. The van der Waals surface area contributed by atoms with Crippen molar-refractivity contribution < 1.29 is 19.0 Å². The summed E-state index contributed by atoms with van der Waals surface area (Å²) in [5.41, 5.74) is 4.05. The first kappa shape index (κ1) is 19.4. The molecule has 1 amide bonds. The molecule has 0 saturated heterocycles. The van der Waals surface area contributed by atoms with Gasteiger partial charge in [-0.25, -0.2) is 5.43 Å². The van der Waals surface area contributed by atoms with Crippen LogP contribution in [0.4, 0.5) is 0 Å². The Hall–Kier alpha value is -3.38. The topological polar surface area (TPSA) is 69.2 Å². The largest absolute Gasteiger partial charge is 0.493 e. The van der Waals surface area contributed by atoms with Gasteiger partial charge >= 0.3 is 0 Å². The highest BCUT2D eigenvalue weighted by atomic mass is 16.5. The van der Waals surface area contributed by atoms with Gasteiger partial charge in [-0.2, -0.15) is 5.10 Å². The van der Waals surface area contributed by atoms with E-state index in [2.05, 4.69) is 10.5 Å². The minimum absolute atomic E-state index is 0.352. The van der Waals surface area contributed by atoms with E-state index in [1.807, 2.05) is 48.5 Å². The summed E-state index contributed by atoms with van der Waals surface area (Å²) in [6, 6.07) is 19.1. The maximum absolute atomic E-state index is 12.5. The minimum atomic E-state index is -0.757. The standard InChI is InChI=1S/C22H22N2O4/c1-26-19-11-8-15(12-20(19)27-2)14-23-24-22(25)21(28-3)18-10-9-16-6-4-5-7-17(16)13-18/h4-14,21H,1-3H3,(H,24,25). The molecule has 1 unspecified atom stereocenters. The molecule has 1 N–H and O–H groups in total. The van der Waals surface area contributed by atoms with Crippen LogP contribution in [0.15, 0.2) is 65.8 Å². The first-order chi connectivity index (χ1) is 13.7. The summed E-state index contributed by atoms with van der Waals surface area (Å²) >= 11 is 0. The Morgan fingerprint density at radius 2 is 1.68 bits per heavy atom. The third kappa shape index (κ3) is 4.29. The summed E-state index contributed by atoms with van der Waals surface area (Å²) in [7, 11) is 4.63. The van der Waals surface area contributed by atoms with Crippen molar-refractivity contribution in [1.29, 1.82) is 0 Å². The molecule has 3 aromatic rings. The molecule has 3 aromatic carbocycles. The molecule has 0 fully saturated rings. The molecule has 144 valence electrons. The predicted molar refractivity (Wildman–Crippen MR) is 109 cm³/mol. The first-order valence-electron chi connectivity index (χ1n) is 8.72. The van der Waals surface area contributed by atoms with E-state index in [1.54, 1.807) is 26.4 Å². The van der Waals surface area contributed by atoms with Crippen LogP contribution in [-0.2, 0) is 9.53 Å². The molecule has 0 aliphatic rings. The average molecular weight is 378 g/mol. The van der Waals surface area contributed by atoms with Crippen LogP contribution in [-0.4, -0.2) is 33.5 Å². The lowest BCUT2D eigenvalue weighted by Crippen LogP contribution is -2.26. The van der Waals surface area contributed by atoms with Crippen molar-refractivity contribution in [3.05, 3.63) is 71.8 Å². The van der Waals surface area contributed by atoms with Gasteiger partial charge in [-0.3, -0.25) is 4.79 Å². The maximum atomic E-state index is 12.5. The first-order valence-corrected chi connectivity index (χ1v) is 8.72. The number of amides is 1. The van der Waals surface area contributed by atoms with Gasteiger partial charge in [-0.15, -0.1) is 0 Å². The number of ether oxygens (including phenoxy) is 3. The molecule has 0 aliphatic carbocycles. The Kier molecular flexibility index (Phi) is 6.24. The second-order valence-corrected chi connectivity index (χ2v) is 6.07. The van der Waals surface area contributed by atoms with Crippen molar-refractivity contribution in [2.75, 3.05) is 21.3 Å². The Bertz CT molecular complexity index is 1000. The predicted octanol–water partition coefficient (Wildman–Crippen LogP) is 3.69. The summed E-state index contributed by atoms with van der Waals surface area (Å²) in [5, 5.41) is 6.18. The second-order valence-electron chi connectivity index (χ2n) is 6.07.